The molecule has 2 N–H and O–H groups in total. The lowest BCUT2D eigenvalue weighted by Gasteiger charge is -2.23. The molecule has 1 rings (SSSR count). The van der Waals surface area contributed by atoms with Crippen molar-refractivity contribution < 1.29 is 20.0 Å². The fraction of sp³-hybridized carbons (Fsp3) is 1.00. The SMILES string of the molecule is CC(C)(O)CCC(C)(O)C1OO1. The Hall–Kier alpha value is -0.160. The number of hydrogen-bond acceptors (Lipinski definition) is 4. The van der Waals surface area contributed by atoms with Gasteiger partial charge in [-0.1, -0.05) is 0 Å². The Labute approximate surface area is 72.0 Å². The molecule has 0 spiro atoms. The van der Waals surface area contributed by atoms with Crippen LogP contribution in [0.5, 0.6) is 0 Å². The highest BCUT2D eigenvalue weighted by molar-refractivity contribution is 4.82. The predicted octanol–water partition coefficient (Wildman–Crippen LogP) is 0.576. The standard InChI is InChI=1S/C8H16O4/c1-7(2,9)4-5-8(3,10)6-11-12-6/h6,9-10H,4-5H2,1-3H3. The largest absolute Gasteiger partial charge is 0.390 e. The Morgan fingerprint density at radius 2 is 1.58 bits per heavy atom. The van der Waals surface area contributed by atoms with Crippen LogP contribution in [0.1, 0.15) is 33.6 Å². The Bertz CT molecular complexity index is 155. The van der Waals surface area contributed by atoms with Crippen molar-refractivity contribution in [3.05, 3.63) is 0 Å². The van der Waals surface area contributed by atoms with E-state index in [9.17, 15) is 10.2 Å². The smallest absolute Gasteiger partial charge is 0.252 e. The van der Waals surface area contributed by atoms with Gasteiger partial charge in [0.2, 0.25) is 0 Å². The van der Waals surface area contributed by atoms with Gasteiger partial charge in [0.25, 0.3) is 6.29 Å². The van der Waals surface area contributed by atoms with Crippen molar-refractivity contribution in [3.63, 3.8) is 0 Å². The number of aliphatic hydroxyl groups is 2. The first-order valence-corrected chi connectivity index (χ1v) is 4.08. The van der Waals surface area contributed by atoms with Crippen LogP contribution in [0, 0.1) is 0 Å². The van der Waals surface area contributed by atoms with E-state index in [-0.39, 0.29) is 0 Å². The summed E-state index contributed by atoms with van der Waals surface area (Å²) in [7, 11) is 0. The minimum atomic E-state index is -0.986. The highest BCUT2D eigenvalue weighted by Gasteiger charge is 2.45. The first kappa shape index (κ1) is 9.92. The van der Waals surface area contributed by atoms with Crippen molar-refractivity contribution in [2.45, 2.75) is 51.1 Å². The first-order chi connectivity index (χ1) is 5.31. The van der Waals surface area contributed by atoms with Crippen LogP contribution in [0.4, 0.5) is 0 Å². The van der Waals surface area contributed by atoms with Gasteiger partial charge in [0, 0.05) is 0 Å². The molecule has 1 aliphatic heterocycles. The van der Waals surface area contributed by atoms with E-state index in [0.29, 0.717) is 12.8 Å². The van der Waals surface area contributed by atoms with E-state index >= 15 is 0 Å². The van der Waals surface area contributed by atoms with E-state index < -0.39 is 17.5 Å². The zero-order valence-corrected chi connectivity index (χ0v) is 7.70. The second kappa shape index (κ2) is 2.96. The second-order valence-electron chi connectivity index (χ2n) is 4.19. The van der Waals surface area contributed by atoms with Crippen molar-refractivity contribution in [2.24, 2.45) is 0 Å². The fourth-order valence-corrected chi connectivity index (χ4v) is 0.912. The summed E-state index contributed by atoms with van der Waals surface area (Å²) in [4.78, 5) is 9.01. The highest BCUT2D eigenvalue weighted by atomic mass is 17.4. The Morgan fingerprint density at radius 3 is 1.92 bits per heavy atom. The average molecular weight is 176 g/mol. The molecule has 0 aromatic heterocycles. The predicted molar refractivity (Wildman–Crippen MR) is 42.1 cm³/mol. The van der Waals surface area contributed by atoms with Crippen LogP contribution in [-0.2, 0) is 9.78 Å². The van der Waals surface area contributed by atoms with Gasteiger partial charge in [-0.15, -0.1) is 0 Å². The molecule has 72 valence electrons. The summed E-state index contributed by atoms with van der Waals surface area (Å²) in [5, 5.41) is 19.0. The van der Waals surface area contributed by atoms with Gasteiger partial charge in [-0.25, -0.2) is 0 Å². The molecule has 1 saturated heterocycles. The van der Waals surface area contributed by atoms with Crippen LogP contribution in [0.3, 0.4) is 0 Å². The third kappa shape index (κ3) is 3.06. The van der Waals surface area contributed by atoms with E-state index in [2.05, 4.69) is 9.78 Å². The summed E-state index contributed by atoms with van der Waals surface area (Å²) < 4.78 is 0. The maximum Gasteiger partial charge on any atom is 0.252 e. The summed E-state index contributed by atoms with van der Waals surface area (Å²) in [6.45, 7) is 5.05. The topological polar surface area (TPSA) is 65.5 Å². The van der Waals surface area contributed by atoms with Crippen LogP contribution >= 0.6 is 0 Å². The van der Waals surface area contributed by atoms with Crippen molar-refractivity contribution in [1.29, 1.82) is 0 Å². The van der Waals surface area contributed by atoms with Crippen LogP contribution in [0.15, 0.2) is 0 Å². The zero-order valence-electron chi connectivity index (χ0n) is 7.70. The third-order valence-electron chi connectivity index (χ3n) is 1.94. The van der Waals surface area contributed by atoms with Gasteiger partial charge in [0.05, 0.1) is 5.60 Å². The number of rotatable bonds is 4. The minimum absolute atomic E-state index is 0.459. The molecular formula is C8H16O4. The van der Waals surface area contributed by atoms with Gasteiger partial charge in [-0.05, 0) is 33.6 Å². The molecule has 0 aromatic carbocycles. The Balaban J connectivity index is 2.30. The highest BCUT2D eigenvalue weighted by Crippen LogP contribution is 2.31. The van der Waals surface area contributed by atoms with Gasteiger partial charge >= 0.3 is 0 Å². The average Bonchev–Trinajstić information content (AvgIpc) is 2.62. The summed E-state index contributed by atoms with van der Waals surface area (Å²) >= 11 is 0. The maximum absolute atomic E-state index is 9.66. The van der Waals surface area contributed by atoms with Crippen LogP contribution in [-0.4, -0.2) is 27.7 Å². The van der Waals surface area contributed by atoms with Crippen molar-refractivity contribution >= 4 is 0 Å². The Kier molecular flexibility index (Phi) is 2.45. The molecule has 4 heteroatoms. The molecule has 0 aliphatic carbocycles. The van der Waals surface area contributed by atoms with Gasteiger partial charge in [0.1, 0.15) is 5.60 Å². The lowest BCUT2D eigenvalue weighted by atomic mass is 9.93. The van der Waals surface area contributed by atoms with E-state index in [1.54, 1.807) is 20.8 Å². The van der Waals surface area contributed by atoms with Gasteiger partial charge in [-0.2, -0.15) is 9.78 Å². The lowest BCUT2D eigenvalue weighted by Crippen LogP contribution is -2.34. The molecule has 12 heavy (non-hydrogen) atoms. The maximum atomic E-state index is 9.66. The minimum Gasteiger partial charge on any atom is -0.390 e. The summed E-state index contributed by atoms with van der Waals surface area (Å²) in [5.74, 6) is 0. The van der Waals surface area contributed by atoms with Crippen LogP contribution in [0.2, 0.25) is 0 Å². The summed E-state index contributed by atoms with van der Waals surface area (Å²) in [5.41, 5.74) is -1.74. The second-order valence-corrected chi connectivity index (χ2v) is 4.19. The van der Waals surface area contributed by atoms with E-state index in [4.69, 9.17) is 0 Å². The lowest BCUT2D eigenvalue weighted by molar-refractivity contribution is -0.0129. The van der Waals surface area contributed by atoms with Crippen LogP contribution in [0.25, 0.3) is 0 Å². The van der Waals surface area contributed by atoms with Gasteiger partial charge in [-0.3, -0.25) is 0 Å². The zero-order chi connectivity index (χ0) is 9.41. The third-order valence-corrected chi connectivity index (χ3v) is 1.94. The molecule has 0 amide bonds. The van der Waals surface area contributed by atoms with Crippen molar-refractivity contribution in [2.75, 3.05) is 0 Å². The first-order valence-electron chi connectivity index (χ1n) is 4.08. The molecule has 0 aromatic rings. The molecule has 1 atom stereocenters. The van der Waals surface area contributed by atoms with E-state index in [1.807, 2.05) is 0 Å². The molecule has 0 saturated carbocycles. The number of hydrogen-bond donors (Lipinski definition) is 2. The van der Waals surface area contributed by atoms with Crippen molar-refractivity contribution in [3.8, 4) is 0 Å². The molecule has 1 aliphatic rings. The van der Waals surface area contributed by atoms with Gasteiger partial charge < -0.3 is 10.2 Å². The normalized spacial score (nSPS) is 23.8. The van der Waals surface area contributed by atoms with Gasteiger partial charge in [0.15, 0.2) is 0 Å². The molecule has 0 bridgehead atoms. The van der Waals surface area contributed by atoms with E-state index in [0.717, 1.165) is 0 Å². The monoisotopic (exact) mass is 176 g/mol. The van der Waals surface area contributed by atoms with Crippen LogP contribution < -0.4 is 0 Å². The molecule has 1 unspecified atom stereocenters. The molecule has 1 fully saturated rings. The molecule has 4 nitrogen and oxygen atoms in total. The molecular weight excluding hydrogens is 160 g/mol. The summed E-state index contributed by atoms with van der Waals surface area (Å²) in [6, 6.07) is 0. The quantitative estimate of drug-likeness (QED) is 0.485. The molecule has 0 radical (unpaired) electrons. The van der Waals surface area contributed by atoms with E-state index in [1.165, 1.54) is 0 Å². The Morgan fingerprint density at radius 1 is 1.08 bits per heavy atom. The molecule has 1 heterocycles. The van der Waals surface area contributed by atoms with Crippen molar-refractivity contribution in [1.82, 2.24) is 0 Å². The summed E-state index contributed by atoms with van der Waals surface area (Å²) in [6.07, 6.45) is 0.463. The fourth-order valence-electron chi connectivity index (χ4n) is 0.912.